The zero-order valence-electron chi connectivity index (χ0n) is 13.3. The zero-order chi connectivity index (χ0) is 15.9. The monoisotopic (exact) mass is 302 g/mol. The van der Waals surface area contributed by atoms with Crippen LogP contribution in [0.4, 0.5) is 5.69 Å². The number of fused-ring (bicyclic) bond motifs is 3. The van der Waals surface area contributed by atoms with Gasteiger partial charge in [0.15, 0.2) is 0 Å². The van der Waals surface area contributed by atoms with Gasteiger partial charge in [0.25, 0.3) is 0 Å². The summed E-state index contributed by atoms with van der Waals surface area (Å²) < 4.78 is 5.80. The lowest BCUT2D eigenvalue weighted by Gasteiger charge is -2.27. The van der Waals surface area contributed by atoms with E-state index in [9.17, 15) is 9.59 Å². The summed E-state index contributed by atoms with van der Waals surface area (Å²) in [5, 5.41) is 2.90. The van der Waals surface area contributed by atoms with Crippen LogP contribution in [-0.2, 0) is 9.59 Å². The third kappa shape index (κ3) is 2.25. The molecule has 118 valence electrons. The number of amides is 2. The highest BCUT2D eigenvalue weighted by Crippen LogP contribution is 2.49. The molecule has 0 aromatic heterocycles. The molecule has 0 saturated heterocycles. The normalized spacial score (nSPS) is 26.0. The molecular weight excluding hydrogens is 280 g/mol. The molecule has 2 amide bonds. The predicted molar refractivity (Wildman–Crippen MR) is 84.4 cm³/mol. The van der Waals surface area contributed by atoms with Crippen molar-refractivity contribution in [2.75, 3.05) is 18.1 Å². The topological polar surface area (TPSA) is 58.6 Å². The summed E-state index contributed by atoms with van der Waals surface area (Å²) in [5.41, 5.74) is 3.32. The smallest absolute Gasteiger partial charge is 0.216 e. The summed E-state index contributed by atoms with van der Waals surface area (Å²) in [4.78, 5) is 24.6. The molecule has 3 rings (SSSR count). The lowest BCUT2D eigenvalue weighted by Crippen LogP contribution is -2.35. The number of carbonyl (C=O) groups is 2. The Morgan fingerprint density at radius 3 is 2.86 bits per heavy atom. The molecule has 0 fully saturated rings. The van der Waals surface area contributed by atoms with Crippen LogP contribution < -0.4 is 15.0 Å². The lowest BCUT2D eigenvalue weighted by atomic mass is 9.84. The van der Waals surface area contributed by atoms with Crippen molar-refractivity contribution >= 4 is 18.0 Å². The van der Waals surface area contributed by atoms with Gasteiger partial charge in [-0.25, -0.2) is 0 Å². The predicted octanol–water partition coefficient (Wildman–Crippen LogP) is 2.16. The second-order valence-corrected chi connectivity index (χ2v) is 6.25. The van der Waals surface area contributed by atoms with Crippen LogP contribution in [0.2, 0.25) is 0 Å². The first kappa shape index (κ1) is 14.9. The molecule has 2 aliphatic rings. The highest BCUT2D eigenvalue weighted by molar-refractivity contribution is 5.84. The van der Waals surface area contributed by atoms with Gasteiger partial charge in [-0.05, 0) is 37.0 Å². The number of carbonyl (C=O) groups excluding carboxylic acids is 2. The average molecular weight is 302 g/mol. The summed E-state index contributed by atoms with van der Waals surface area (Å²) in [5.74, 6) is 1.37. The van der Waals surface area contributed by atoms with E-state index in [1.54, 1.807) is 4.90 Å². The first-order chi connectivity index (χ1) is 10.5. The lowest BCUT2D eigenvalue weighted by molar-refractivity contribution is -0.119. The van der Waals surface area contributed by atoms with Gasteiger partial charge in [0, 0.05) is 36.7 Å². The van der Waals surface area contributed by atoms with E-state index in [0.717, 1.165) is 36.4 Å². The SMILES string of the molecule is CC(=O)NCC1c2c(ccc3c2C(C)CCO3)N(C=O)C1C. The Hall–Kier alpha value is -2.04. The van der Waals surface area contributed by atoms with Crippen molar-refractivity contribution in [2.24, 2.45) is 0 Å². The molecule has 3 unspecified atom stereocenters. The molecule has 0 aliphatic carbocycles. The van der Waals surface area contributed by atoms with Crippen molar-refractivity contribution < 1.29 is 14.3 Å². The molecule has 0 spiro atoms. The molecule has 22 heavy (non-hydrogen) atoms. The number of benzene rings is 1. The first-order valence-corrected chi connectivity index (χ1v) is 7.82. The second-order valence-electron chi connectivity index (χ2n) is 6.25. The summed E-state index contributed by atoms with van der Waals surface area (Å²) in [6, 6.07) is 3.96. The maximum absolute atomic E-state index is 11.5. The van der Waals surface area contributed by atoms with E-state index < -0.39 is 0 Å². The molecule has 0 saturated carbocycles. The maximum atomic E-state index is 11.5. The van der Waals surface area contributed by atoms with Gasteiger partial charge in [-0.15, -0.1) is 0 Å². The fourth-order valence-corrected chi connectivity index (χ4v) is 3.68. The Bertz CT molecular complexity index is 614. The number of rotatable bonds is 3. The largest absolute Gasteiger partial charge is 0.493 e. The van der Waals surface area contributed by atoms with E-state index >= 15 is 0 Å². The van der Waals surface area contributed by atoms with E-state index in [-0.39, 0.29) is 17.9 Å². The Morgan fingerprint density at radius 1 is 1.41 bits per heavy atom. The van der Waals surface area contributed by atoms with E-state index in [0.29, 0.717) is 12.5 Å². The molecule has 0 radical (unpaired) electrons. The van der Waals surface area contributed by atoms with Crippen LogP contribution in [0.25, 0.3) is 0 Å². The van der Waals surface area contributed by atoms with Crippen molar-refractivity contribution in [3.8, 4) is 5.75 Å². The number of hydrogen-bond donors (Lipinski definition) is 1. The number of ether oxygens (including phenoxy) is 1. The zero-order valence-corrected chi connectivity index (χ0v) is 13.3. The quantitative estimate of drug-likeness (QED) is 0.871. The van der Waals surface area contributed by atoms with E-state index in [1.807, 2.05) is 19.1 Å². The minimum absolute atomic E-state index is 0.0278. The molecule has 5 nitrogen and oxygen atoms in total. The number of hydrogen-bond acceptors (Lipinski definition) is 3. The summed E-state index contributed by atoms with van der Waals surface area (Å²) in [6.07, 6.45) is 1.86. The van der Waals surface area contributed by atoms with Crippen LogP contribution >= 0.6 is 0 Å². The van der Waals surface area contributed by atoms with E-state index in [2.05, 4.69) is 12.2 Å². The average Bonchev–Trinajstić information content (AvgIpc) is 2.76. The van der Waals surface area contributed by atoms with Crippen LogP contribution in [-0.4, -0.2) is 31.5 Å². The summed E-state index contributed by atoms with van der Waals surface area (Å²) in [6.45, 7) is 7.02. The van der Waals surface area contributed by atoms with Gasteiger partial charge in [0.1, 0.15) is 5.75 Å². The maximum Gasteiger partial charge on any atom is 0.216 e. The Balaban J connectivity index is 2.09. The second kappa shape index (κ2) is 5.63. The van der Waals surface area contributed by atoms with Crippen LogP contribution in [0.5, 0.6) is 5.75 Å². The minimum atomic E-state index is -0.0487. The molecule has 1 aromatic carbocycles. The van der Waals surface area contributed by atoms with Gasteiger partial charge < -0.3 is 15.0 Å². The third-order valence-electron chi connectivity index (χ3n) is 4.88. The number of nitrogens with zero attached hydrogens (tertiary/aromatic N) is 1. The van der Waals surface area contributed by atoms with Gasteiger partial charge >= 0.3 is 0 Å². The summed E-state index contributed by atoms with van der Waals surface area (Å²) in [7, 11) is 0. The highest BCUT2D eigenvalue weighted by atomic mass is 16.5. The minimum Gasteiger partial charge on any atom is -0.493 e. The van der Waals surface area contributed by atoms with E-state index in [4.69, 9.17) is 4.74 Å². The fourth-order valence-electron chi connectivity index (χ4n) is 3.68. The highest BCUT2D eigenvalue weighted by Gasteiger charge is 2.40. The van der Waals surface area contributed by atoms with Crippen molar-refractivity contribution in [3.63, 3.8) is 0 Å². The van der Waals surface area contributed by atoms with Crippen LogP contribution in [0, 0.1) is 0 Å². The number of anilines is 1. The van der Waals surface area contributed by atoms with Gasteiger partial charge in [-0.3, -0.25) is 9.59 Å². The Kier molecular flexibility index (Phi) is 3.81. The Labute approximate surface area is 130 Å². The van der Waals surface area contributed by atoms with Gasteiger partial charge in [-0.2, -0.15) is 0 Å². The molecule has 0 bridgehead atoms. The summed E-state index contributed by atoms with van der Waals surface area (Å²) >= 11 is 0. The van der Waals surface area contributed by atoms with Crippen molar-refractivity contribution in [3.05, 3.63) is 23.3 Å². The van der Waals surface area contributed by atoms with Crippen molar-refractivity contribution in [1.29, 1.82) is 0 Å². The molecule has 2 aliphatic heterocycles. The standard InChI is InChI=1S/C17H22N2O3/c1-10-6-7-22-15-5-4-14-17(16(10)15)13(8-18-12(3)21)11(2)19(14)9-20/h4-5,9-11,13H,6-8H2,1-3H3,(H,18,21). The fraction of sp³-hybridized carbons (Fsp3) is 0.529. The van der Waals surface area contributed by atoms with Gasteiger partial charge in [0.05, 0.1) is 6.61 Å². The van der Waals surface area contributed by atoms with Crippen LogP contribution in [0.3, 0.4) is 0 Å². The Morgan fingerprint density at radius 2 is 2.18 bits per heavy atom. The molecular formula is C17H22N2O3. The van der Waals surface area contributed by atoms with Crippen LogP contribution in [0.15, 0.2) is 12.1 Å². The van der Waals surface area contributed by atoms with Crippen LogP contribution in [0.1, 0.15) is 50.2 Å². The molecule has 2 heterocycles. The molecule has 3 atom stereocenters. The van der Waals surface area contributed by atoms with Gasteiger partial charge in [-0.1, -0.05) is 6.92 Å². The van der Waals surface area contributed by atoms with Gasteiger partial charge in [0.2, 0.25) is 12.3 Å². The third-order valence-corrected chi connectivity index (χ3v) is 4.88. The van der Waals surface area contributed by atoms with Crippen molar-refractivity contribution in [2.45, 2.75) is 45.1 Å². The molecule has 1 aromatic rings. The van der Waals surface area contributed by atoms with E-state index in [1.165, 1.54) is 12.5 Å². The first-order valence-electron chi connectivity index (χ1n) is 7.82. The molecule has 5 heteroatoms. The van der Waals surface area contributed by atoms with Crippen molar-refractivity contribution in [1.82, 2.24) is 5.32 Å². The molecule has 1 N–H and O–H groups in total. The number of nitrogens with one attached hydrogen (secondary N) is 1.